The van der Waals surface area contributed by atoms with Crippen LogP contribution in [0.2, 0.25) is 0 Å². The van der Waals surface area contributed by atoms with Gasteiger partial charge in [-0.05, 0) is 19.1 Å². The minimum absolute atomic E-state index is 0. The summed E-state index contributed by atoms with van der Waals surface area (Å²) in [5, 5.41) is 10.5. The first-order chi connectivity index (χ1) is 11.3. The number of hydrogen-bond acceptors (Lipinski definition) is 4. The van der Waals surface area contributed by atoms with Gasteiger partial charge in [-0.2, -0.15) is 5.10 Å². The zero-order valence-corrected chi connectivity index (χ0v) is 15.5. The summed E-state index contributed by atoms with van der Waals surface area (Å²) in [7, 11) is 0. The van der Waals surface area contributed by atoms with E-state index in [9.17, 15) is 4.79 Å². The van der Waals surface area contributed by atoms with E-state index in [-0.39, 0.29) is 17.0 Å². The van der Waals surface area contributed by atoms with E-state index in [1.807, 2.05) is 65.4 Å². The Hall–Kier alpha value is -2.31. The summed E-state index contributed by atoms with van der Waals surface area (Å²) >= 11 is 1.53. The van der Waals surface area contributed by atoms with E-state index in [0.717, 1.165) is 28.0 Å². The molecule has 3 aromatic rings. The summed E-state index contributed by atoms with van der Waals surface area (Å²) in [5.41, 5.74) is 3.51. The van der Waals surface area contributed by atoms with Crippen LogP contribution in [0, 0.1) is 6.92 Å². The van der Waals surface area contributed by atoms with Crippen LogP contribution in [0.5, 0.6) is 0 Å². The van der Waals surface area contributed by atoms with Gasteiger partial charge in [0, 0.05) is 27.9 Å². The Bertz CT molecular complexity index is 913. The second-order valence-electron chi connectivity index (χ2n) is 4.92. The lowest BCUT2D eigenvalue weighted by molar-refractivity contribution is 0.112. The molecule has 0 saturated heterocycles. The van der Waals surface area contributed by atoms with Crippen molar-refractivity contribution >= 4 is 40.8 Å². The van der Waals surface area contributed by atoms with E-state index >= 15 is 0 Å². The van der Waals surface area contributed by atoms with E-state index in [1.54, 1.807) is 12.3 Å². The van der Waals surface area contributed by atoms with Crippen LogP contribution in [-0.4, -0.2) is 17.1 Å². The lowest BCUT2D eigenvalue weighted by atomic mass is 10.1. The summed E-state index contributed by atoms with van der Waals surface area (Å²) in [6.45, 7) is 2.04. The fourth-order valence-electron chi connectivity index (χ4n) is 2.23. The Labute approximate surface area is 154 Å². The van der Waals surface area contributed by atoms with Gasteiger partial charge in [-0.15, -0.1) is 33.4 Å². The van der Waals surface area contributed by atoms with Crippen LogP contribution in [0.3, 0.4) is 0 Å². The third kappa shape index (κ3) is 3.96. The first-order valence-corrected chi connectivity index (χ1v) is 8.01. The van der Waals surface area contributed by atoms with Crippen molar-refractivity contribution < 1.29 is 4.79 Å². The number of aldehydes is 1. The lowest BCUT2D eigenvalue weighted by Crippen LogP contribution is -2.13. The number of aromatic nitrogens is 1. The molecule has 4 nitrogen and oxygen atoms in total. The van der Waals surface area contributed by atoms with Gasteiger partial charge in [0.25, 0.3) is 0 Å². The number of thiazole rings is 1. The summed E-state index contributed by atoms with van der Waals surface area (Å²) in [5.74, 6) is 0. The molecule has 3 rings (SSSR count). The highest BCUT2D eigenvalue weighted by atomic mass is 79.9. The van der Waals surface area contributed by atoms with E-state index < -0.39 is 0 Å². The third-order valence-corrected chi connectivity index (χ3v) is 4.29. The first-order valence-electron chi connectivity index (χ1n) is 7.13. The second-order valence-corrected chi connectivity index (χ2v) is 5.76. The standard InChI is InChI=1S/C18H15N3OS.BrH/c1-14-13-23-18(21(14)17-9-3-2-4-10-17)20-19-11-15-7-5-6-8-16(15)12-22;/h2-13H,1H3;1H/b19-11+,20-18+;. The molecule has 0 aliphatic rings. The molecule has 122 valence electrons. The molecule has 0 saturated carbocycles. The average Bonchev–Trinajstić information content (AvgIpc) is 2.97. The van der Waals surface area contributed by atoms with Gasteiger partial charge in [-0.25, -0.2) is 0 Å². The average molecular weight is 402 g/mol. The zero-order valence-electron chi connectivity index (χ0n) is 13.0. The molecule has 24 heavy (non-hydrogen) atoms. The maximum Gasteiger partial charge on any atom is 0.215 e. The molecular formula is C18H16BrN3OS. The maximum absolute atomic E-state index is 11.0. The molecule has 0 atom stereocenters. The maximum atomic E-state index is 11.0. The monoisotopic (exact) mass is 401 g/mol. The summed E-state index contributed by atoms with van der Waals surface area (Å²) in [6.07, 6.45) is 2.43. The number of benzene rings is 2. The number of aryl methyl sites for hydroxylation is 1. The van der Waals surface area contributed by atoms with Crippen molar-refractivity contribution in [1.82, 2.24) is 4.57 Å². The van der Waals surface area contributed by atoms with Gasteiger partial charge in [0.05, 0.1) is 6.21 Å². The molecule has 0 unspecified atom stereocenters. The number of para-hydroxylation sites is 1. The molecule has 6 heteroatoms. The Morgan fingerprint density at radius 2 is 1.67 bits per heavy atom. The van der Waals surface area contributed by atoms with Gasteiger partial charge in [-0.3, -0.25) is 9.36 Å². The Balaban J connectivity index is 0.00000208. The van der Waals surface area contributed by atoms with Crippen LogP contribution < -0.4 is 4.80 Å². The van der Waals surface area contributed by atoms with Crippen LogP contribution in [0.15, 0.2) is 70.2 Å². The third-order valence-electron chi connectivity index (χ3n) is 3.36. The molecule has 0 amide bonds. The molecule has 0 aliphatic heterocycles. The van der Waals surface area contributed by atoms with Crippen LogP contribution in [0.25, 0.3) is 5.69 Å². The number of hydrogen-bond donors (Lipinski definition) is 0. The molecule has 1 heterocycles. The van der Waals surface area contributed by atoms with Crippen molar-refractivity contribution in [3.8, 4) is 5.69 Å². The minimum atomic E-state index is 0. The summed E-state index contributed by atoms with van der Waals surface area (Å²) in [6, 6.07) is 17.3. The highest BCUT2D eigenvalue weighted by Crippen LogP contribution is 2.10. The van der Waals surface area contributed by atoms with Gasteiger partial charge in [0.1, 0.15) is 0 Å². The number of halogens is 1. The fraction of sp³-hybridized carbons (Fsp3) is 0.0556. The van der Waals surface area contributed by atoms with Crippen LogP contribution >= 0.6 is 28.3 Å². The molecule has 0 radical (unpaired) electrons. The molecule has 0 aliphatic carbocycles. The van der Waals surface area contributed by atoms with Crippen LogP contribution in [-0.2, 0) is 0 Å². The van der Waals surface area contributed by atoms with Gasteiger partial charge >= 0.3 is 0 Å². The molecule has 0 spiro atoms. The van der Waals surface area contributed by atoms with Gasteiger partial charge in [-0.1, -0.05) is 42.5 Å². The Morgan fingerprint density at radius 3 is 2.38 bits per heavy atom. The lowest BCUT2D eigenvalue weighted by Gasteiger charge is -2.04. The molecule has 1 aromatic heterocycles. The van der Waals surface area contributed by atoms with Gasteiger partial charge in [0.15, 0.2) is 6.29 Å². The predicted molar refractivity (Wildman–Crippen MR) is 104 cm³/mol. The Kier molecular flexibility index (Phi) is 6.40. The predicted octanol–water partition coefficient (Wildman–Crippen LogP) is 4.17. The van der Waals surface area contributed by atoms with Crippen molar-refractivity contribution in [2.45, 2.75) is 6.92 Å². The van der Waals surface area contributed by atoms with Crippen molar-refractivity contribution in [3.63, 3.8) is 0 Å². The topological polar surface area (TPSA) is 46.7 Å². The molecule has 0 fully saturated rings. The van der Waals surface area contributed by atoms with E-state index in [1.165, 1.54) is 11.3 Å². The van der Waals surface area contributed by atoms with Gasteiger partial charge in [0.2, 0.25) is 4.80 Å². The highest BCUT2D eigenvalue weighted by molar-refractivity contribution is 8.93. The zero-order chi connectivity index (χ0) is 16.1. The van der Waals surface area contributed by atoms with E-state index in [4.69, 9.17) is 0 Å². The molecule has 2 aromatic carbocycles. The molecule has 0 N–H and O–H groups in total. The van der Waals surface area contributed by atoms with Crippen LogP contribution in [0.1, 0.15) is 21.6 Å². The summed E-state index contributed by atoms with van der Waals surface area (Å²) < 4.78 is 2.05. The van der Waals surface area contributed by atoms with Gasteiger partial charge < -0.3 is 0 Å². The van der Waals surface area contributed by atoms with Crippen molar-refractivity contribution in [2.24, 2.45) is 10.2 Å². The number of rotatable bonds is 4. The van der Waals surface area contributed by atoms with Crippen LogP contribution in [0.4, 0.5) is 0 Å². The molecule has 0 bridgehead atoms. The second kappa shape index (κ2) is 8.52. The van der Waals surface area contributed by atoms with Crippen molar-refractivity contribution in [2.75, 3.05) is 0 Å². The van der Waals surface area contributed by atoms with E-state index in [0.29, 0.717) is 5.56 Å². The smallest absolute Gasteiger partial charge is 0.215 e. The Morgan fingerprint density at radius 1 is 1.00 bits per heavy atom. The highest BCUT2D eigenvalue weighted by Gasteiger charge is 2.03. The minimum Gasteiger partial charge on any atom is -0.298 e. The largest absolute Gasteiger partial charge is 0.298 e. The SMILES string of the molecule is Br.Cc1cs/c(=N/N=C/c2ccccc2C=O)n1-c1ccccc1. The number of carbonyl (C=O) groups excluding carboxylic acids is 1. The fourth-order valence-corrected chi connectivity index (χ4v) is 3.06. The number of nitrogens with zero attached hydrogens (tertiary/aromatic N) is 3. The van der Waals surface area contributed by atoms with Crippen molar-refractivity contribution in [3.05, 3.63) is 81.6 Å². The van der Waals surface area contributed by atoms with Crippen molar-refractivity contribution in [1.29, 1.82) is 0 Å². The summed E-state index contributed by atoms with van der Waals surface area (Å²) in [4.78, 5) is 11.8. The normalized spacial score (nSPS) is 11.5. The van der Waals surface area contributed by atoms with E-state index in [2.05, 4.69) is 10.2 Å². The quantitative estimate of drug-likeness (QED) is 0.367. The first kappa shape index (κ1) is 18.0. The molecular weight excluding hydrogens is 386 g/mol. The number of carbonyl (C=O) groups is 1.